The number of nitrogens with one attached hydrogen (secondary N) is 1. The zero-order valence-corrected chi connectivity index (χ0v) is 11.4. The van der Waals surface area contributed by atoms with E-state index in [4.69, 9.17) is 5.73 Å². The first-order chi connectivity index (χ1) is 7.94. The van der Waals surface area contributed by atoms with Crippen molar-refractivity contribution in [1.82, 2.24) is 4.72 Å². The molecule has 0 aliphatic heterocycles. The van der Waals surface area contributed by atoms with Crippen molar-refractivity contribution in [1.29, 1.82) is 0 Å². The average molecular weight is 281 g/mol. The SMILES string of the molecule is CC(C)(C)OC(N)=O.NC(=O)NS(=O)(=O)C1CC1. The largest absolute Gasteiger partial charge is 0.444 e. The molecule has 1 rings (SSSR count). The van der Waals surface area contributed by atoms with E-state index in [0.717, 1.165) is 0 Å². The Bertz CT molecular complexity index is 408. The van der Waals surface area contributed by atoms with Crippen LogP contribution in [0.4, 0.5) is 9.59 Å². The molecule has 8 nitrogen and oxygen atoms in total. The van der Waals surface area contributed by atoms with Crippen molar-refractivity contribution >= 4 is 22.1 Å². The third-order valence-corrected chi connectivity index (χ3v) is 3.45. The van der Waals surface area contributed by atoms with Crippen molar-refractivity contribution in [3.8, 4) is 0 Å². The normalized spacial score (nSPS) is 15.1. The van der Waals surface area contributed by atoms with Gasteiger partial charge in [0.1, 0.15) is 5.60 Å². The Morgan fingerprint density at radius 2 is 1.67 bits per heavy atom. The lowest BCUT2D eigenvalue weighted by Gasteiger charge is -2.16. The maximum atomic E-state index is 10.8. The topological polar surface area (TPSA) is 142 Å². The molecule has 3 amide bonds. The molecule has 0 unspecified atom stereocenters. The van der Waals surface area contributed by atoms with E-state index >= 15 is 0 Å². The predicted molar refractivity (Wildman–Crippen MR) is 65.1 cm³/mol. The quantitative estimate of drug-likeness (QED) is 0.654. The first-order valence-electron chi connectivity index (χ1n) is 5.23. The van der Waals surface area contributed by atoms with Crippen LogP contribution in [0.15, 0.2) is 0 Å². The highest BCUT2D eigenvalue weighted by Crippen LogP contribution is 2.27. The minimum Gasteiger partial charge on any atom is -0.444 e. The molecule has 0 aromatic heterocycles. The molecule has 0 radical (unpaired) electrons. The monoisotopic (exact) mass is 281 g/mol. The molecule has 9 heteroatoms. The molecular weight excluding hydrogens is 262 g/mol. The molecule has 0 aromatic rings. The number of sulfonamides is 1. The lowest BCUT2D eigenvalue weighted by atomic mass is 10.2. The van der Waals surface area contributed by atoms with Crippen LogP contribution < -0.4 is 16.2 Å². The summed E-state index contributed by atoms with van der Waals surface area (Å²) in [6.45, 7) is 5.28. The summed E-state index contributed by atoms with van der Waals surface area (Å²) in [4.78, 5) is 20.1. The van der Waals surface area contributed by atoms with Gasteiger partial charge in [0.25, 0.3) is 0 Å². The molecule has 1 aliphatic rings. The van der Waals surface area contributed by atoms with Gasteiger partial charge in [-0.15, -0.1) is 0 Å². The third-order valence-electron chi connectivity index (χ3n) is 1.61. The minimum atomic E-state index is -3.41. The van der Waals surface area contributed by atoms with Crippen LogP contribution >= 0.6 is 0 Å². The van der Waals surface area contributed by atoms with Crippen molar-refractivity contribution in [2.45, 2.75) is 44.5 Å². The summed E-state index contributed by atoms with van der Waals surface area (Å²) in [6, 6.07) is -1.01. The predicted octanol–water partition coefficient (Wildman–Crippen LogP) is 0.0271. The summed E-state index contributed by atoms with van der Waals surface area (Å²) in [7, 11) is -3.41. The Balaban J connectivity index is 0.000000331. The van der Waals surface area contributed by atoms with E-state index in [9.17, 15) is 18.0 Å². The molecule has 0 spiro atoms. The summed E-state index contributed by atoms with van der Waals surface area (Å²) < 4.78 is 27.9. The van der Waals surface area contributed by atoms with Gasteiger partial charge in [-0.05, 0) is 33.6 Å². The van der Waals surface area contributed by atoms with Gasteiger partial charge in [-0.2, -0.15) is 0 Å². The average Bonchev–Trinajstić information content (AvgIpc) is 2.76. The third kappa shape index (κ3) is 8.62. The van der Waals surface area contributed by atoms with E-state index in [1.54, 1.807) is 25.5 Å². The first kappa shape index (κ1) is 16.5. The zero-order valence-electron chi connectivity index (χ0n) is 10.6. The first-order valence-corrected chi connectivity index (χ1v) is 6.78. The molecule has 1 aliphatic carbocycles. The molecule has 1 fully saturated rings. The molecule has 0 saturated heterocycles. The van der Waals surface area contributed by atoms with Crippen molar-refractivity contribution in [2.75, 3.05) is 0 Å². The number of urea groups is 1. The van der Waals surface area contributed by atoms with Gasteiger partial charge in [-0.25, -0.2) is 22.7 Å². The van der Waals surface area contributed by atoms with Crippen molar-refractivity contribution in [3.63, 3.8) is 0 Å². The van der Waals surface area contributed by atoms with Gasteiger partial charge in [-0.3, -0.25) is 0 Å². The molecule has 106 valence electrons. The molecule has 0 bridgehead atoms. The Labute approximate surface area is 106 Å². The summed E-state index contributed by atoms with van der Waals surface area (Å²) in [6.07, 6.45) is 0.531. The Kier molecular flexibility index (Phi) is 5.40. The van der Waals surface area contributed by atoms with Crippen LogP contribution in [0.3, 0.4) is 0 Å². The van der Waals surface area contributed by atoms with Crippen LogP contribution in [-0.2, 0) is 14.8 Å². The molecule has 0 heterocycles. The molecule has 1 saturated carbocycles. The van der Waals surface area contributed by atoms with Gasteiger partial charge in [-0.1, -0.05) is 0 Å². The van der Waals surface area contributed by atoms with E-state index in [-0.39, 0.29) is 5.25 Å². The Morgan fingerprint density at radius 1 is 1.22 bits per heavy atom. The summed E-state index contributed by atoms with van der Waals surface area (Å²) >= 11 is 0. The second kappa shape index (κ2) is 5.89. The number of ether oxygens (including phenoxy) is 1. The van der Waals surface area contributed by atoms with Crippen molar-refractivity contribution in [3.05, 3.63) is 0 Å². The number of amides is 3. The van der Waals surface area contributed by atoms with Crippen molar-refractivity contribution in [2.24, 2.45) is 11.5 Å². The van der Waals surface area contributed by atoms with Crippen LogP contribution in [-0.4, -0.2) is 31.4 Å². The number of carbonyl (C=O) groups is 2. The van der Waals surface area contributed by atoms with Crippen LogP contribution in [0.1, 0.15) is 33.6 Å². The van der Waals surface area contributed by atoms with E-state index in [1.165, 1.54) is 0 Å². The standard InChI is InChI=1S/C5H11NO2.C4H8N2O3S/c1-5(2,3)8-4(6)7;5-4(7)6-10(8,9)3-1-2-3/h1-3H3,(H2,6,7);3H,1-2H2,(H3,5,6,7). The smallest absolute Gasteiger partial charge is 0.405 e. The molecule has 0 aromatic carbocycles. The van der Waals surface area contributed by atoms with Crippen LogP contribution in [0.25, 0.3) is 0 Å². The second-order valence-corrected chi connectivity index (χ2v) is 6.70. The van der Waals surface area contributed by atoms with Gasteiger partial charge in [0, 0.05) is 0 Å². The molecule has 0 atom stereocenters. The maximum Gasteiger partial charge on any atom is 0.405 e. The van der Waals surface area contributed by atoms with Crippen LogP contribution in [0, 0.1) is 0 Å². The lowest BCUT2D eigenvalue weighted by Crippen LogP contribution is -2.37. The van der Waals surface area contributed by atoms with Gasteiger partial charge in [0.05, 0.1) is 5.25 Å². The fourth-order valence-electron chi connectivity index (χ4n) is 0.904. The van der Waals surface area contributed by atoms with Crippen LogP contribution in [0.2, 0.25) is 0 Å². The van der Waals surface area contributed by atoms with Gasteiger partial charge in [0.15, 0.2) is 0 Å². The fourth-order valence-corrected chi connectivity index (χ4v) is 2.11. The second-order valence-electron chi connectivity index (χ2n) is 4.74. The van der Waals surface area contributed by atoms with E-state index < -0.39 is 27.7 Å². The number of hydrogen-bond donors (Lipinski definition) is 3. The minimum absolute atomic E-state index is 0.389. The zero-order chi connectivity index (χ0) is 14.6. The van der Waals surface area contributed by atoms with Crippen molar-refractivity contribution < 1.29 is 22.7 Å². The van der Waals surface area contributed by atoms with Crippen LogP contribution in [0.5, 0.6) is 0 Å². The number of carbonyl (C=O) groups excluding carboxylic acids is 2. The number of hydrogen-bond acceptors (Lipinski definition) is 5. The van der Waals surface area contributed by atoms with E-state index in [1.807, 2.05) is 0 Å². The maximum absolute atomic E-state index is 10.8. The summed E-state index contributed by atoms with van der Waals surface area (Å²) in [5.41, 5.74) is 8.88. The number of primary amides is 2. The molecular formula is C9H19N3O5S. The van der Waals surface area contributed by atoms with Gasteiger partial charge < -0.3 is 16.2 Å². The highest BCUT2D eigenvalue weighted by Gasteiger charge is 2.36. The summed E-state index contributed by atoms with van der Waals surface area (Å²) in [5, 5.41) is -0.389. The van der Waals surface area contributed by atoms with Gasteiger partial charge >= 0.3 is 12.1 Å². The van der Waals surface area contributed by atoms with E-state index in [0.29, 0.717) is 12.8 Å². The lowest BCUT2D eigenvalue weighted by molar-refractivity contribution is 0.0600. The summed E-state index contributed by atoms with van der Waals surface area (Å²) in [5.74, 6) is 0. The highest BCUT2D eigenvalue weighted by atomic mass is 32.2. The molecule has 5 N–H and O–H groups in total. The fraction of sp³-hybridized carbons (Fsp3) is 0.778. The number of rotatable bonds is 2. The molecule has 18 heavy (non-hydrogen) atoms. The van der Waals surface area contributed by atoms with E-state index in [2.05, 4.69) is 10.5 Å². The highest BCUT2D eigenvalue weighted by molar-refractivity contribution is 7.90. The number of nitrogens with two attached hydrogens (primary N) is 2. The Hall–Kier alpha value is -1.51. The van der Waals surface area contributed by atoms with Gasteiger partial charge in [0.2, 0.25) is 10.0 Å². The Morgan fingerprint density at radius 3 is 1.83 bits per heavy atom.